The van der Waals surface area contributed by atoms with Gasteiger partial charge in [0.25, 0.3) is 0 Å². The van der Waals surface area contributed by atoms with Gasteiger partial charge in [-0.1, -0.05) is 24.4 Å². The lowest BCUT2D eigenvalue weighted by molar-refractivity contribution is -0.141. The van der Waals surface area contributed by atoms with Crippen LogP contribution in [0.15, 0.2) is 12.7 Å². The maximum absolute atomic E-state index is 11.4. The second kappa shape index (κ2) is 8.06. The van der Waals surface area contributed by atoms with Crippen LogP contribution in [0.25, 0.3) is 0 Å². The fraction of sp³-hybridized carbons (Fsp3) is 0.500. The van der Waals surface area contributed by atoms with E-state index in [0.717, 1.165) is 11.8 Å². The van der Waals surface area contributed by atoms with E-state index in [2.05, 4.69) is 6.58 Å². The van der Waals surface area contributed by atoms with Gasteiger partial charge in [-0.15, -0.1) is 0 Å². The minimum absolute atomic E-state index is 0.125. The van der Waals surface area contributed by atoms with Crippen LogP contribution >= 0.6 is 11.8 Å². The molecule has 82 valence electrons. The molecule has 0 amide bonds. The number of carbonyl (C=O) groups is 2. The van der Waals surface area contributed by atoms with E-state index in [0.29, 0.717) is 6.42 Å². The minimum atomic E-state index is -0.581. The summed E-state index contributed by atoms with van der Waals surface area (Å²) in [5, 5.41) is 7.65. The molecule has 1 unspecified atom stereocenters. The first kappa shape index (κ1) is 13.7. The Hall–Kier alpha value is -1.28. The molecule has 0 rings (SSSR count). The van der Waals surface area contributed by atoms with E-state index in [-0.39, 0.29) is 18.1 Å². The summed E-state index contributed by atoms with van der Waals surface area (Å²) in [6, 6.07) is 1.93. The first-order chi connectivity index (χ1) is 7.11. The molecule has 0 N–H and O–H groups in total. The first-order valence-electron chi connectivity index (χ1n) is 4.43. The second-order valence-corrected chi connectivity index (χ2v) is 4.09. The van der Waals surface area contributed by atoms with Crippen molar-refractivity contribution in [1.29, 1.82) is 5.26 Å². The minimum Gasteiger partial charge on any atom is -0.461 e. The molecule has 15 heavy (non-hydrogen) atoms. The second-order valence-electron chi connectivity index (χ2n) is 2.71. The zero-order valence-electron chi connectivity index (χ0n) is 8.56. The number of ether oxygens (including phenoxy) is 1. The van der Waals surface area contributed by atoms with Gasteiger partial charge in [-0.25, -0.2) is 0 Å². The molecule has 0 spiro atoms. The SMILES string of the molecule is C=CCOC(=O)C(CCC#N)SC(C)=O. The van der Waals surface area contributed by atoms with Crippen molar-refractivity contribution in [2.24, 2.45) is 0 Å². The average Bonchev–Trinajstić information content (AvgIpc) is 2.20. The highest BCUT2D eigenvalue weighted by molar-refractivity contribution is 8.14. The number of hydrogen-bond donors (Lipinski definition) is 0. The molecule has 0 aromatic heterocycles. The smallest absolute Gasteiger partial charge is 0.319 e. The maximum atomic E-state index is 11.4. The molecule has 0 bridgehead atoms. The van der Waals surface area contributed by atoms with Crippen LogP contribution in [0.4, 0.5) is 0 Å². The number of thioether (sulfide) groups is 1. The Balaban J connectivity index is 4.20. The fourth-order valence-corrected chi connectivity index (χ4v) is 1.66. The van der Waals surface area contributed by atoms with Crippen LogP contribution < -0.4 is 0 Å². The summed E-state index contributed by atoms with van der Waals surface area (Å²) < 4.78 is 4.81. The number of rotatable bonds is 6. The summed E-state index contributed by atoms with van der Waals surface area (Å²) in [7, 11) is 0. The van der Waals surface area contributed by atoms with Crippen LogP contribution in [-0.4, -0.2) is 22.9 Å². The van der Waals surface area contributed by atoms with E-state index in [4.69, 9.17) is 10.00 Å². The molecule has 0 saturated heterocycles. The quantitative estimate of drug-likeness (QED) is 0.510. The topological polar surface area (TPSA) is 67.2 Å². The molecule has 0 fully saturated rings. The van der Waals surface area contributed by atoms with E-state index in [1.54, 1.807) is 0 Å². The largest absolute Gasteiger partial charge is 0.461 e. The van der Waals surface area contributed by atoms with Crippen molar-refractivity contribution < 1.29 is 14.3 Å². The van der Waals surface area contributed by atoms with E-state index in [1.165, 1.54) is 13.0 Å². The fourth-order valence-electron chi connectivity index (χ4n) is 0.855. The van der Waals surface area contributed by atoms with Crippen LogP contribution in [0.1, 0.15) is 19.8 Å². The maximum Gasteiger partial charge on any atom is 0.319 e. The third-order valence-electron chi connectivity index (χ3n) is 1.43. The highest BCUT2D eigenvalue weighted by Crippen LogP contribution is 2.18. The zero-order valence-corrected chi connectivity index (χ0v) is 9.38. The van der Waals surface area contributed by atoms with Gasteiger partial charge in [0.2, 0.25) is 0 Å². The number of hydrogen-bond acceptors (Lipinski definition) is 5. The summed E-state index contributed by atoms with van der Waals surface area (Å²) in [6.07, 6.45) is 2.02. The molecule has 0 aliphatic carbocycles. The molecule has 0 aliphatic heterocycles. The Labute approximate surface area is 93.3 Å². The van der Waals surface area contributed by atoms with E-state index < -0.39 is 11.2 Å². The lowest BCUT2D eigenvalue weighted by Crippen LogP contribution is -2.21. The predicted molar refractivity (Wildman–Crippen MR) is 58.1 cm³/mol. The Kier molecular flexibility index (Phi) is 7.38. The van der Waals surface area contributed by atoms with Crippen molar-refractivity contribution in [3.8, 4) is 6.07 Å². The molecule has 4 nitrogen and oxygen atoms in total. The standard InChI is InChI=1S/C10H13NO3S/c1-3-7-14-10(13)9(5-4-6-11)15-8(2)12/h3,9H,1,4-5,7H2,2H3. The molecule has 0 heterocycles. The molecular weight excluding hydrogens is 214 g/mol. The number of carbonyl (C=O) groups excluding carboxylic acids is 2. The van der Waals surface area contributed by atoms with Gasteiger partial charge < -0.3 is 4.74 Å². The van der Waals surface area contributed by atoms with Gasteiger partial charge in [0, 0.05) is 13.3 Å². The Morgan fingerprint density at radius 1 is 1.67 bits per heavy atom. The van der Waals surface area contributed by atoms with Gasteiger partial charge in [-0.2, -0.15) is 5.26 Å². The molecule has 0 aliphatic rings. The summed E-state index contributed by atoms with van der Waals surface area (Å²) in [4.78, 5) is 22.2. The molecule has 0 aromatic carbocycles. The van der Waals surface area contributed by atoms with Crippen molar-refractivity contribution in [3.05, 3.63) is 12.7 Å². The van der Waals surface area contributed by atoms with Crippen LogP contribution in [-0.2, 0) is 14.3 Å². The van der Waals surface area contributed by atoms with Gasteiger partial charge in [0.05, 0.1) is 6.07 Å². The highest BCUT2D eigenvalue weighted by Gasteiger charge is 2.21. The third-order valence-corrected chi connectivity index (χ3v) is 2.48. The Bertz CT molecular complexity index is 283. The molecule has 0 radical (unpaired) electrons. The lowest BCUT2D eigenvalue weighted by atomic mass is 10.2. The Morgan fingerprint density at radius 2 is 2.33 bits per heavy atom. The monoisotopic (exact) mass is 227 g/mol. The van der Waals surface area contributed by atoms with Gasteiger partial charge in [-0.05, 0) is 6.42 Å². The van der Waals surface area contributed by atoms with Crippen molar-refractivity contribution in [3.63, 3.8) is 0 Å². The van der Waals surface area contributed by atoms with Crippen LogP contribution in [0.2, 0.25) is 0 Å². The average molecular weight is 227 g/mol. The summed E-state index contributed by atoms with van der Waals surface area (Å²) in [6.45, 7) is 4.92. The number of nitrogens with zero attached hydrogens (tertiary/aromatic N) is 1. The number of nitriles is 1. The summed E-state index contributed by atoms with van der Waals surface area (Å²) in [5.41, 5.74) is 0. The van der Waals surface area contributed by atoms with Gasteiger partial charge in [0.15, 0.2) is 5.12 Å². The van der Waals surface area contributed by atoms with Gasteiger partial charge >= 0.3 is 5.97 Å². The van der Waals surface area contributed by atoms with E-state index in [9.17, 15) is 9.59 Å². The van der Waals surface area contributed by atoms with E-state index in [1.807, 2.05) is 6.07 Å². The van der Waals surface area contributed by atoms with Crippen molar-refractivity contribution in [2.75, 3.05) is 6.61 Å². The molecule has 0 aromatic rings. The number of esters is 1. The van der Waals surface area contributed by atoms with Crippen LogP contribution in [0, 0.1) is 11.3 Å². The summed E-state index contributed by atoms with van der Waals surface area (Å²) >= 11 is 0.899. The molecule has 0 saturated carbocycles. The van der Waals surface area contributed by atoms with E-state index >= 15 is 0 Å². The van der Waals surface area contributed by atoms with Gasteiger partial charge in [0.1, 0.15) is 11.9 Å². The molecule has 1 atom stereocenters. The van der Waals surface area contributed by atoms with Crippen molar-refractivity contribution >= 4 is 22.8 Å². The normalized spacial score (nSPS) is 11.2. The summed E-state index contributed by atoms with van der Waals surface area (Å²) in [5.74, 6) is -0.467. The lowest BCUT2D eigenvalue weighted by Gasteiger charge is -2.11. The van der Waals surface area contributed by atoms with Crippen LogP contribution in [0.3, 0.4) is 0 Å². The van der Waals surface area contributed by atoms with Crippen molar-refractivity contribution in [1.82, 2.24) is 0 Å². The first-order valence-corrected chi connectivity index (χ1v) is 5.31. The predicted octanol–water partition coefficient (Wildman–Crippen LogP) is 1.67. The highest BCUT2D eigenvalue weighted by atomic mass is 32.2. The van der Waals surface area contributed by atoms with Crippen molar-refractivity contribution in [2.45, 2.75) is 25.0 Å². The van der Waals surface area contributed by atoms with Gasteiger partial charge in [-0.3, -0.25) is 9.59 Å². The zero-order chi connectivity index (χ0) is 11.7. The van der Waals surface area contributed by atoms with Crippen LogP contribution in [0.5, 0.6) is 0 Å². The molecular formula is C10H13NO3S. The molecule has 5 heteroatoms. The Morgan fingerprint density at radius 3 is 2.80 bits per heavy atom. The third kappa shape index (κ3) is 6.75.